The number of methoxy groups -OCH3 is 3. The summed E-state index contributed by atoms with van der Waals surface area (Å²) >= 11 is 0. The molecular weight excluding hydrogens is 204 g/mol. The Morgan fingerprint density at radius 2 is 0.800 bits per heavy atom. The van der Waals surface area contributed by atoms with Crippen LogP contribution in [0.15, 0.2) is 0 Å². The number of aromatic hydroxyl groups is 3. The molecule has 0 fully saturated rings. The first-order valence-electron chi connectivity index (χ1n) is 4.01. The summed E-state index contributed by atoms with van der Waals surface area (Å²) in [5.74, 6) is -2.13. The fraction of sp³-hybridized carbons (Fsp3) is 0.333. The molecule has 0 heterocycles. The van der Waals surface area contributed by atoms with Crippen LogP contribution in [-0.2, 0) is 0 Å². The molecule has 0 saturated carbocycles. The maximum atomic E-state index is 9.54. The van der Waals surface area contributed by atoms with Crippen LogP contribution in [0.4, 0.5) is 0 Å². The second kappa shape index (κ2) is 4.04. The van der Waals surface area contributed by atoms with Gasteiger partial charge in [0.05, 0.1) is 21.3 Å². The van der Waals surface area contributed by atoms with E-state index in [4.69, 9.17) is 14.2 Å². The van der Waals surface area contributed by atoms with Crippen molar-refractivity contribution in [3.63, 3.8) is 0 Å². The molecule has 0 spiro atoms. The van der Waals surface area contributed by atoms with Crippen LogP contribution in [0.2, 0.25) is 0 Å². The molecule has 1 rings (SSSR count). The van der Waals surface area contributed by atoms with Crippen LogP contribution in [0.5, 0.6) is 34.5 Å². The standard InChI is InChI=1S/C9H12O6/c1-13-7-4(10)8(14-2)6(12)9(15-3)5(7)11/h10-12H,1-3H3. The lowest BCUT2D eigenvalue weighted by Crippen LogP contribution is -1.94. The van der Waals surface area contributed by atoms with Crippen LogP contribution in [-0.4, -0.2) is 36.6 Å². The Kier molecular flexibility index (Phi) is 2.99. The zero-order valence-corrected chi connectivity index (χ0v) is 8.57. The average molecular weight is 216 g/mol. The molecule has 0 amide bonds. The van der Waals surface area contributed by atoms with Crippen molar-refractivity contribution in [2.75, 3.05) is 21.3 Å². The minimum absolute atomic E-state index is 0.221. The summed E-state index contributed by atoms with van der Waals surface area (Å²) in [5, 5.41) is 28.6. The minimum atomic E-state index is -0.490. The van der Waals surface area contributed by atoms with E-state index in [0.29, 0.717) is 0 Å². The minimum Gasteiger partial charge on any atom is -0.501 e. The largest absolute Gasteiger partial charge is 0.501 e. The molecule has 0 saturated heterocycles. The van der Waals surface area contributed by atoms with Crippen molar-refractivity contribution >= 4 is 0 Å². The molecule has 0 radical (unpaired) electrons. The Bertz CT molecular complexity index is 295. The van der Waals surface area contributed by atoms with E-state index in [1.807, 2.05) is 0 Å². The predicted molar refractivity (Wildman–Crippen MR) is 51.1 cm³/mol. The number of benzene rings is 1. The maximum Gasteiger partial charge on any atom is 0.211 e. The SMILES string of the molecule is COc1c(O)c(OC)c(O)c(OC)c1O. The van der Waals surface area contributed by atoms with Gasteiger partial charge < -0.3 is 29.5 Å². The van der Waals surface area contributed by atoms with Gasteiger partial charge in [0, 0.05) is 0 Å². The Morgan fingerprint density at radius 1 is 0.600 bits per heavy atom. The van der Waals surface area contributed by atoms with E-state index in [1.165, 1.54) is 21.3 Å². The highest BCUT2D eigenvalue weighted by molar-refractivity contribution is 5.71. The molecule has 1 aromatic rings. The lowest BCUT2D eigenvalue weighted by atomic mass is 10.2. The lowest BCUT2D eigenvalue weighted by molar-refractivity contribution is 0.283. The molecule has 0 atom stereocenters. The Morgan fingerprint density at radius 3 is 0.933 bits per heavy atom. The Labute approximate surface area is 86.2 Å². The fourth-order valence-electron chi connectivity index (χ4n) is 1.23. The van der Waals surface area contributed by atoms with Gasteiger partial charge in [-0.2, -0.15) is 0 Å². The van der Waals surface area contributed by atoms with E-state index >= 15 is 0 Å². The highest BCUT2D eigenvalue weighted by Gasteiger charge is 2.25. The zero-order valence-electron chi connectivity index (χ0n) is 8.57. The number of phenolic OH excluding ortho intramolecular Hbond substituents is 3. The highest BCUT2D eigenvalue weighted by atomic mass is 16.5. The number of hydrogen-bond acceptors (Lipinski definition) is 6. The van der Waals surface area contributed by atoms with Gasteiger partial charge in [0.25, 0.3) is 0 Å². The van der Waals surface area contributed by atoms with E-state index < -0.39 is 17.2 Å². The van der Waals surface area contributed by atoms with E-state index in [9.17, 15) is 15.3 Å². The molecule has 0 aromatic heterocycles. The summed E-state index contributed by atoms with van der Waals surface area (Å²) in [6.45, 7) is 0. The number of rotatable bonds is 3. The molecule has 0 aliphatic heterocycles. The van der Waals surface area contributed by atoms with Crippen LogP contribution >= 0.6 is 0 Å². The van der Waals surface area contributed by atoms with Crippen LogP contribution in [0.25, 0.3) is 0 Å². The monoisotopic (exact) mass is 216 g/mol. The van der Waals surface area contributed by atoms with Gasteiger partial charge >= 0.3 is 0 Å². The van der Waals surface area contributed by atoms with Gasteiger partial charge in [-0.05, 0) is 0 Å². The van der Waals surface area contributed by atoms with Gasteiger partial charge in [-0.1, -0.05) is 0 Å². The second-order valence-corrected chi connectivity index (χ2v) is 2.65. The molecule has 0 aliphatic rings. The Hall–Kier alpha value is -1.98. The highest BCUT2D eigenvalue weighted by Crippen LogP contribution is 2.55. The first kappa shape index (κ1) is 11.1. The summed E-state index contributed by atoms with van der Waals surface area (Å²) in [4.78, 5) is 0. The van der Waals surface area contributed by atoms with Crippen molar-refractivity contribution in [2.45, 2.75) is 0 Å². The van der Waals surface area contributed by atoms with Crippen molar-refractivity contribution in [1.29, 1.82) is 0 Å². The second-order valence-electron chi connectivity index (χ2n) is 2.65. The number of hydrogen-bond donors (Lipinski definition) is 3. The molecule has 15 heavy (non-hydrogen) atoms. The van der Waals surface area contributed by atoms with Gasteiger partial charge in [0.2, 0.25) is 34.5 Å². The normalized spacial score (nSPS) is 9.80. The van der Waals surface area contributed by atoms with Crippen molar-refractivity contribution in [2.24, 2.45) is 0 Å². The third kappa shape index (κ3) is 1.54. The van der Waals surface area contributed by atoms with E-state index in [-0.39, 0.29) is 17.2 Å². The molecule has 6 heteroatoms. The van der Waals surface area contributed by atoms with Crippen molar-refractivity contribution in [3.8, 4) is 34.5 Å². The summed E-state index contributed by atoms with van der Waals surface area (Å²) in [5.41, 5.74) is 0. The molecule has 84 valence electrons. The predicted octanol–water partition coefficient (Wildman–Crippen LogP) is 0.829. The molecule has 0 bridgehead atoms. The first-order valence-corrected chi connectivity index (χ1v) is 4.01. The van der Waals surface area contributed by atoms with Crippen LogP contribution in [0, 0.1) is 0 Å². The van der Waals surface area contributed by atoms with Gasteiger partial charge in [0.1, 0.15) is 0 Å². The summed E-state index contributed by atoms with van der Waals surface area (Å²) < 4.78 is 14.2. The van der Waals surface area contributed by atoms with Crippen LogP contribution < -0.4 is 14.2 Å². The molecule has 0 aliphatic carbocycles. The van der Waals surface area contributed by atoms with Gasteiger partial charge in [0.15, 0.2) is 0 Å². The maximum absolute atomic E-state index is 9.54. The van der Waals surface area contributed by atoms with E-state index in [1.54, 1.807) is 0 Å². The topological polar surface area (TPSA) is 88.4 Å². The smallest absolute Gasteiger partial charge is 0.211 e. The van der Waals surface area contributed by atoms with Crippen molar-refractivity contribution in [1.82, 2.24) is 0 Å². The molecule has 3 N–H and O–H groups in total. The van der Waals surface area contributed by atoms with Gasteiger partial charge in [-0.15, -0.1) is 0 Å². The van der Waals surface area contributed by atoms with E-state index in [2.05, 4.69) is 0 Å². The van der Waals surface area contributed by atoms with Crippen molar-refractivity contribution < 1.29 is 29.5 Å². The summed E-state index contributed by atoms with van der Waals surface area (Å²) in [6.07, 6.45) is 0. The van der Waals surface area contributed by atoms with Gasteiger partial charge in [-0.25, -0.2) is 0 Å². The number of phenols is 3. The summed E-state index contributed by atoms with van der Waals surface area (Å²) in [7, 11) is 3.76. The third-order valence-corrected chi connectivity index (χ3v) is 1.90. The average Bonchev–Trinajstić information content (AvgIpc) is 2.19. The molecule has 0 unspecified atom stereocenters. The van der Waals surface area contributed by atoms with Crippen LogP contribution in [0.1, 0.15) is 0 Å². The first-order chi connectivity index (χ1) is 7.08. The molecular formula is C9H12O6. The number of ether oxygens (including phenoxy) is 3. The van der Waals surface area contributed by atoms with Gasteiger partial charge in [-0.3, -0.25) is 0 Å². The quantitative estimate of drug-likeness (QED) is 0.693. The molecule has 1 aromatic carbocycles. The van der Waals surface area contributed by atoms with Crippen LogP contribution in [0.3, 0.4) is 0 Å². The molecule has 6 nitrogen and oxygen atoms in total. The fourth-order valence-corrected chi connectivity index (χ4v) is 1.23. The Balaban J connectivity index is 3.57. The van der Waals surface area contributed by atoms with E-state index in [0.717, 1.165) is 0 Å². The van der Waals surface area contributed by atoms with Crippen molar-refractivity contribution in [3.05, 3.63) is 0 Å². The third-order valence-electron chi connectivity index (χ3n) is 1.90. The zero-order chi connectivity index (χ0) is 11.6. The summed E-state index contributed by atoms with van der Waals surface area (Å²) in [6, 6.07) is 0. The lowest BCUT2D eigenvalue weighted by Gasteiger charge is -2.14.